The van der Waals surface area contributed by atoms with E-state index in [0.29, 0.717) is 18.6 Å². The van der Waals surface area contributed by atoms with Gasteiger partial charge in [-0.2, -0.15) is 0 Å². The maximum Gasteiger partial charge on any atom is 0.251 e. The molecule has 6 heteroatoms. The number of aliphatic hydroxyl groups is 1. The van der Waals surface area contributed by atoms with Gasteiger partial charge in [0.15, 0.2) is 17.5 Å². The molecule has 0 aliphatic heterocycles. The van der Waals surface area contributed by atoms with Gasteiger partial charge in [-0.05, 0) is 24.1 Å². The summed E-state index contributed by atoms with van der Waals surface area (Å²) in [6.45, 7) is 0.124. The van der Waals surface area contributed by atoms with Crippen LogP contribution in [-0.2, 0) is 0 Å². The summed E-state index contributed by atoms with van der Waals surface area (Å²) in [5.74, 6) is -5.28. The molecule has 0 fully saturated rings. The van der Waals surface area contributed by atoms with Gasteiger partial charge >= 0.3 is 0 Å². The Bertz CT molecular complexity index is 654. The summed E-state index contributed by atoms with van der Waals surface area (Å²) in [4.78, 5) is 12.0. The number of halogens is 3. The van der Waals surface area contributed by atoms with E-state index in [2.05, 4.69) is 5.32 Å². The van der Waals surface area contributed by atoms with Gasteiger partial charge in [0, 0.05) is 24.6 Å². The summed E-state index contributed by atoms with van der Waals surface area (Å²) in [6, 6.07) is 10.6. The molecule has 0 bridgehead atoms. The number of aliphatic hydroxyl groups excluding tert-OH is 1. The topological polar surface area (TPSA) is 49.3 Å². The zero-order valence-electron chi connectivity index (χ0n) is 12.2. The summed E-state index contributed by atoms with van der Waals surface area (Å²) >= 11 is 0. The summed E-state index contributed by atoms with van der Waals surface area (Å²) in [6.07, 6.45) is 0.427. The van der Waals surface area contributed by atoms with Crippen molar-refractivity contribution >= 4 is 5.91 Å². The van der Waals surface area contributed by atoms with Gasteiger partial charge in [0.1, 0.15) is 0 Å². The molecule has 3 nitrogen and oxygen atoms in total. The first-order valence-corrected chi connectivity index (χ1v) is 7.11. The zero-order chi connectivity index (χ0) is 16.8. The fourth-order valence-electron chi connectivity index (χ4n) is 2.27. The van der Waals surface area contributed by atoms with Crippen LogP contribution < -0.4 is 5.32 Å². The third-order valence-corrected chi connectivity index (χ3v) is 3.50. The minimum Gasteiger partial charge on any atom is -0.396 e. The summed E-state index contributed by atoms with van der Waals surface area (Å²) in [5.41, 5.74) is 0.635. The van der Waals surface area contributed by atoms with Crippen LogP contribution in [0.2, 0.25) is 0 Å². The quantitative estimate of drug-likeness (QED) is 0.803. The molecule has 1 amide bonds. The van der Waals surface area contributed by atoms with E-state index < -0.39 is 23.4 Å². The Morgan fingerprint density at radius 2 is 1.70 bits per heavy atom. The number of carbonyl (C=O) groups excluding carboxylic acids is 1. The van der Waals surface area contributed by atoms with Gasteiger partial charge in [0.25, 0.3) is 5.91 Å². The number of rotatable bonds is 6. The van der Waals surface area contributed by atoms with Crippen molar-refractivity contribution in [3.63, 3.8) is 0 Å². The molecule has 0 aliphatic rings. The minimum absolute atomic E-state index is 0.0603. The molecule has 122 valence electrons. The van der Waals surface area contributed by atoms with E-state index in [1.165, 1.54) is 0 Å². The Labute approximate surface area is 131 Å². The number of hydrogen-bond donors (Lipinski definition) is 2. The van der Waals surface area contributed by atoms with Crippen LogP contribution in [0.25, 0.3) is 0 Å². The molecule has 0 saturated carbocycles. The molecule has 23 heavy (non-hydrogen) atoms. The Balaban J connectivity index is 2.07. The Morgan fingerprint density at radius 1 is 1.09 bits per heavy atom. The number of carbonyl (C=O) groups is 1. The lowest BCUT2D eigenvalue weighted by Gasteiger charge is -2.17. The summed E-state index contributed by atoms with van der Waals surface area (Å²) in [5, 5.41) is 11.7. The fourth-order valence-corrected chi connectivity index (χ4v) is 2.27. The molecule has 1 atom stereocenters. The first kappa shape index (κ1) is 17.0. The van der Waals surface area contributed by atoms with Crippen LogP contribution in [0.15, 0.2) is 42.5 Å². The predicted octanol–water partition coefficient (Wildman–Crippen LogP) is 3.00. The monoisotopic (exact) mass is 323 g/mol. The van der Waals surface area contributed by atoms with Crippen LogP contribution in [0.4, 0.5) is 13.2 Å². The highest BCUT2D eigenvalue weighted by molar-refractivity contribution is 5.94. The Hall–Kier alpha value is -2.34. The average Bonchev–Trinajstić information content (AvgIpc) is 2.56. The normalized spacial score (nSPS) is 12.0. The largest absolute Gasteiger partial charge is 0.396 e. The van der Waals surface area contributed by atoms with Crippen LogP contribution in [0, 0.1) is 17.5 Å². The van der Waals surface area contributed by atoms with Crippen molar-refractivity contribution in [2.24, 2.45) is 0 Å². The maximum atomic E-state index is 13.2. The molecule has 0 spiro atoms. The van der Waals surface area contributed by atoms with E-state index in [0.717, 1.165) is 5.56 Å². The molecule has 2 rings (SSSR count). The average molecular weight is 323 g/mol. The van der Waals surface area contributed by atoms with Crippen LogP contribution in [0.5, 0.6) is 0 Å². The first-order chi connectivity index (χ1) is 11.0. The lowest BCUT2D eigenvalue weighted by molar-refractivity contribution is 0.0948. The second-order valence-electron chi connectivity index (χ2n) is 5.08. The number of nitrogens with one attached hydrogen (secondary N) is 1. The van der Waals surface area contributed by atoms with E-state index in [1.807, 2.05) is 30.3 Å². The minimum atomic E-state index is -1.61. The van der Waals surface area contributed by atoms with Crippen molar-refractivity contribution in [3.8, 4) is 0 Å². The number of benzene rings is 2. The second kappa shape index (κ2) is 7.78. The molecule has 0 aliphatic carbocycles. The molecule has 2 aromatic carbocycles. The highest BCUT2D eigenvalue weighted by atomic mass is 19.2. The van der Waals surface area contributed by atoms with E-state index in [-0.39, 0.29) is 24.6 Å². The van der Waals surface area contributed by atoms with E-state index in [9.17, 15) is 18.0 Å². The van der Waals surface area contributed by atoms with Gasteiger partial charge in [-0.1, -0.05) is 30.3 Å². The van der Waals surface area contributed by atoms with Crippen molar-refractivity contribution in [1.29, 1.82) is 0 Å². The summed E-state index contributed by atoms with van der Waals surface area (Å²) < 4.78 is 39.2. The third kappa shape index (κ3) is 4.32. The summed E-state index contributed by atoms with van der Waals surface area (Å²) in [7, 11) is 0. The zero-order valence-corrected chi connectivity index (χ0v) is 12.2. The van der Waals surface area contributed by atoms with Crippen molar-refractivity contribution in [1.82, 2.24) is 5.32 Å². The second-order valence-corrected chi connectivity index (χ2v) is 5.08. The van der Waals surface area contributed by atoms with Gasteiger partial charge in [-0.15, -0.1) is 0 Å². The van der Waals surface area contributed by atoms with Gasteiger partial charge in [0.05, 0.1) is 0 Å². The van der Waals surface area contributed by atoms with E-state index >= 15 is 0 Å². The highest BCUT2D eigenvalue weighted by Gasteiger charge is 2.17. The van der Waals surface area contributed by atoms with Crippen LogP contribution in [-0.4, -0.2) is 24.2 Å². The molecule has 0 aromatic heterocycles. The highest BCUT2D eigenvalue weighted by Crippen LogP contribution is 2.19. The Morgan fingerprint density at radius 3 is 2.26 bits per heavy atom. The SMILES string of the molecule is O=C(NCC(CCO)c1ccccc1)c1cc(F)c(F)c(F)c1. The standard InChI is InChI=1S/C17H16F3NO2/c18-14-8-13(9-15(19)16(14)20)17(23)21-10-12(6-7-22)11-4-2-1-3-5-11/h1-5,8-9,12,22H,6-7,10H2,(H,21,23). The van der Waals surface area contributed by atoms with Crippen molar-refractivity contribution in [2.45, 2.75) is 12.3 Å². The lowest BCUT2D eigenvalue weighted by atomic mass is 9.96. The maximum absolute atomic E-state index is 13.2. The van der Waals surface area contributed by atoms with Gasteiger partial charge in [-0.25, -0.2) is 13.2 Å². The smallest absolute Gasteiger partial charge is 0.251 e. The molecule has 0 radical (unpaired) electrons. The molecule has 2 N–H and O–H groups in total. The molecular weight excluding hydrogens is 307 g/mol. The van der Waals surface area contributed by atoms with Crippen molar-refractivity contribution in [3.05, 3.63) is 71.0 Å². The Kier molecular flexibility index (Phi) is 5.76. The third-order valence-electron chi connectivity index (χ3n) is 3.50. The number of hydrogen-bond acceptors (Lipinski definition) is 2. The fraction of sp³-hybridized carbons (Fsp3) is 0.235. The van der Waals surface area contributed by atoms with Gasteiger partial charge in [-0.3, -0.25) is 4.79 Å². The molecule has 0 heterocycles. The van der Waals surface area contributed by atoms with E-state index in [1.54, 1.807) is 0 Å². The van der Waals surface area contributed by atoms with Crippen molar-refractivity contribution in [2.75, 3.05) is 13.2 Å². The first-order valence-electron chi connectivity index (χ1n) is 7.11. The lowest BCUT2D eigenvalue weighted by Crippen LogP contribution is -2.29. The van der Waals surface area contributed by atoms with Gasteiger partial charge in [0.2, 0.25) is 0 Å². The molecule has 2 aromatic rings. The van der Waals surface area contributed by atoms with E-state index in [4.69, 9.17) is 5.11 Å². The molecule has 0 saturated heterocycles. The van der Waals surface area contributed by atoms with Crippen LogP contribution in [0.1, 0.15) is 28.3 Å². The predicted molar refractivity (Wildman–Crippen MR) is 79.5 cm³/mol. The van der Waals surface area contributed by atoms with Crippen LogP contribution >= 0.6 is 0 Å². The van der Waals surface area contributed by atoms with Crippen molar-refractivity contribution < 1.29 is 23.1 Å². The number of amides is 1. The molecule has 1 unspecified atom stereocenters. The van der Waals surface area contributed by atoms with Crippen LogP contribution in [0.3, 0.4) is 0 Å². The molecular formula is C17H16F3NO2. The van der Waals surface area contributed by atoms with Gasteiger partial charge < -0.3 is 10.4 Å².